The van der Waals surface area contributed by atoms with E-state index in [0.717, 1.165) is 180 Å². The largest absolute Gasteiger partial charge is 0.462 e. The van der Waals surface area contributed by atoms with E-state index in [9.17, 15) is 14.4 Å². The first kappa shape index (κ1) is 77.0. The molecule has 0 radical (unpaired) electrons. The number of hydrogen-bond donors (Lipinski definition) is 0. The van der Waals surface area contributed by atoms with Crippen LogP contribution in [0.2, 0.25) is 0 Å². The normalized spacial score (nSPS) is 13.5. The van der Waals surface area contributed by atoms with Gasteiger partial charge in [-0.2, -0.15) is 0 Å². The highest BCUT2D eigenvalue weighted by atomic mass is 16.6. The zero-order chi connectivity index (χ0) is 59.9. The molecular weight excluding hydrogens is 1020 g/mol. The molecule has 0 spiro atoms. The van der Waals surface area contributed by atoms with Crippen molar-refractivity contribution in [2.45, 2.75) is 245 Å². The van der Waals surface area contributed by atoms with E-state index in [1.807, 2.05) is 12.2 Å². The van der Waals surface area contributed by atoms with Crippen LogP contribution in [0, 0.1) is 0 Å². The Balaban J connectivity index is 4.44. The topological polar surface area (TPSA) is 78.9 Å². The molecular formula is C77H116O6. The monoisotopic (exact) mass is 1140 g/mol. The standard InChI is InChI=1S/C77H116O6/c1-4-7-10-13-16-19-22-25-27-29-31-32-33-34-35-36-37-38-39-40-41-42-43-44-46-47-49-52-55-58-61-64-67-70-76(79)82-73-74(72-81-75(78)69-66-63-60-57-54-51-24-21-18-15-12-9-6-3)83-77(80)71-68-65-62-59-56-53-50-48-45-30-28-26-23-20-17-14-11-8-5-2/h7-12,16-21,25-28,31-32,34-35,37-38,40-41,43-45,47-49,51,54,60,63,74H,4-6,13-15,22-24,29-30,33,36,39,42,46,50,52-53,55-59,61-62,64-73H2,1-3H3/b10-7-,11-8-,12-9-,19-16-,20-17-,21-18-,27-25-,28-26-,32-31-,35-34-,38-37-,41-40-,44-43-,48-45-,49-47-,54-51-,63-60-. The van der Waals surface area contributed by atoms with Gasteiger partial charge in [-0.15, -0.1) is 0 Å². The lowest BCUT2D eigenvalue weighted by Gasteiger charge is -2.18. The van der Waals surface area contributed by atoms with E-state index in [-0.39, 0.29) is 44.0 Å². The molecule has 0 amide bonds. The molecule has 1 atom stereocenters. The summed E-state index contributed by atoms with van der Waals surface area (Å²) in [5.74, 6) is -1.05. The molecule has 0 N–H and O–H groups in total. The van der Waals surface area contributed by atoms with Crippen LogP contribution in [0.1, 0.15) is 239 Å². The van der Waals surface area contributed by atoms with E-state index >= 15 is 0 Å². The molecule has 6 heteroatoms. The van der Waals surface area contributed by atoms with Gasteiger partial charge in [0.15, 0.2) is 6.10 Å². The van der Waals surface area contributed by atoms with E-state index in [0.29, 0.717) is 12.8 Å². The molecule has 0 rings (SSSR count). The minimum absolute atomic E-state index is 0.128. The first-order chi connectivity index (χ1) is 41.0. The van der Waals surface area contributed by atoms with Crippen LogP contribution in [0.4, 0.5) is 0 Å². The van der Waals surface area contributed by atoms with E-state index < -0.39 is 6.10 Å². The Labute approximate surface area is 509 Å². The maximum Gasteiger partial charge on any atom is 0.306 e. The van der Waals surface area contributed by atoms with Crippen LogP contribution in [0.15, 0.2) is 207 Å². The van der Waals surface area contributed by atoms with Gasteiger partial charge in [0.05, 0.1) is 0 Å². The molecule has 0 aliphatic carbocycles. The summed E-state index contributed by atoms with van der Waals surface area (Å²) in [5, 5.41) is 0. The molecule has 0 aromatic carbocycles. The third kappa shape index (κ3) is 66.7. The summed E-state index contributed by atoms with van der Waals surface area (Å²) in [4.78, 5) is 38.3. The van der Waals surface area contributed by atoms with Crippen molar-refractivity contribution in [1.82, 2.24) is 0 Å². The van der Waals surface area contributed by atoms with Crippen LogP contribution in [0.5, 0.6) is 0 Å². The molecule has 0 aliphatic rings. The van der Waals surface area contributed by atoms with Gasteiger partial charge in [-0.25, -0.2) is 0 Å². The van der Waals surface area contributed by atoms with Crippen LogP contribution < -0.4 is 0 Å². The minimum atomic E-state index is -0.837. The molecule has 0 saturated carbocycles. The van der Waals surface area contributed by atoms with Crippen molar-refractivity contribution in [1.29, 1.82) is 0 Å². The Morgan fingerprint density at radius 3 is 0.747 bits per heavy atom. The number of rotatable bonds is 56. The van der Waals surface area contributed by atoms with Crippen LogP contribution in [-0.4, -0.2) is 37.2 Å². The Bertz CT molecular complexity index is 2030. The van der Waals surface area contributed by atoms with Gasteiger partial charge in [0.2, 0.25) is 0 Å². The molecule has 460 valence electrons. The summed E-state index contributed by atoms with van der Waals surface area (Å²) >= 11 is 0. The average Bonchev–Trinajstić information content (AvgIpc) is 3.49. The van der Waals surface area contributed by atoms with Crippen molar-refractivity contribution in [2.24, 2.45) is 0 Å². The number of hydrogen-bond acceptors (Lipinski definition) is 6. The number of carbonyl (C=O) groups excluding carboxylic acids is 3. The first-order valence-electron chi connectivity index (χ1n) is 32.6. The molecule has 0 aliphatic heterocycles. The number of unbranched alkanes of at least 4 members (excludes halogenated alkanes) is 11. The molecule has 0 aromatic heterocycles. The smallest absolute Gasteiger partial charge is 0.306 e. The van der Waals surface area contributed by atoms with Crippen molar-refractivity contribution in [2.75, 3.05) is 13.2 Å². The lowest BCUT2D eigenvalue weighted by Crippen LogP contribution is -2.30. The molecule has 1 unspecified atom stereocenters. The maximum atomic E-state index is 12.9. The Kier molecular flexibility index (Phi) is 63.5. The van der Waals surface area contributed by atoms with Crippen LogP contribution >= 0.6 is 0 Å². The summed E-state index contributed by atoms with van der Waals surface area (Å²) in [6.07, 6.45) is 106. The number of esters is 3. The summed E-state index contributed by atoms with van der Waals surface area (Å²) in [5.41, 5.74) is 0. The highest BCUT2D eigenvalue weighted by Gasteiger charge is 2.19. The lowest BCUT2D eigenvalue weighted by molar-refractivity contribution is -0.166. The second-order valence-electron chi connectivity index (χ2n) is 20.5. The van der Waals surface area contributed by atoms with Crippen LogP contribution in [-0.2, 0) is 28.6 Å². The lowest BCUT2D eigenvalue weighted by atomic mass is 10.1. The fourth-order valence-corrected chi connectivity index (χ4v) is 8.03. The van der Waals surface area contributed by atoms with E-state index in [1.165, 1.54) is 12.8 Å². The van der Waals surface area contributed by atoms with Crippen LogP contribution in [0.25, 0.3) is 0 Å². The number of ether oxygens (including phenoxy) is 3. The highest BCUT2D eigenvalue weighted by molar-refractivity contribution is 5.71. The Hall–Kier alpha value is -6.01. The number of carbonyl (C=O) groups is 3. The second kappa shape index (κ2) is 68.5. The second-order valence-corrected chi connectivity index (χ2v) is 20.5. The molecule has 0 bridgehead atoms. The third-order valence-corrected chi connectivity index (χ3v) is 12.8. The van der Waals surface area contributed by atoms with E-state index in [1.54, 1.807) is 0 Å². The summed E-state index contributed by atoms with van der Waals surface area (Å²) in [6, 6.07) is 0. The van der Waals surface area contributed by atoms with Crippen molar-refractivity contribution in [3.8, 4) is 0 Å². The third-order valence-electron chi connectivity index (χ3n) is 12.8. The molecule has 0 saturated heterocycles. The minimum Gasteiger partial charge on any atom is -0.462 e. The predicted molar refractivity (Wildman–Crippen MR) is 361 cm³/mol. The SMILES string of the molecule is CC/C=C\C/C=C\C/C=C\C/C=C\C/C=C\C/C=C\C/C=C\C/C=C\C/C=C\CCCCCCCC(=O)OCC(COC(=O)CC/C=C\C/C=C\C/C=C\C/C=C\CC)OC(=O)CCCCCCCC/C=C\C/C=C\C/C=C\C/C=C\CC. The van der Waals surface area contributed by atoms with Gasteiger partial charge in [-0.3, -0.25) is 14.4 Å². The van der Waals surface area contributed by atoms with Gasteiger partial charge in [0, 0.05) is 19.3 Å². The van der Waals surface area contributed by atoms with E-state index in [2.05, 4.69) is 215 Å². The summed E-state index contributed by atoms with van der Waals surface area (Å²) < 4.78 is 16.8. The van der Waals surface area contributed by atoms with Crippen molar-refractivity contribution < 1.29 is 28.6 Å². The summed E-state index contributed by atoms with van der Waals surface area (Å²) in [7, 11) is 0. The quantitative estimate of drug-likeness (QED) is 0.0261. The molecule has 6 nitrogen and oxygen atoms in total. The maximum absolute atomic E-state index is 12.9. The molecule has 0 fully saturated rings. The molecule has 0 aromatic rings. The molecule has 83 heavy (non-hydrogen) atoms. The van der Waals surface area contributed by atoms with Gasteiger partial charge >= 0.3 is 17.9 Å². The van der Waals surface area contributed by atoms with Gasteiger partial charge in [0.1, 0.15) is 13.2 Å². The van der Waals surface area contributed by atoms with E-state index in [4.69, 9.17) is 14.2 Å². The number of allylic oxidation sites excluding steroid dienone is 34. The van der Waals surface area contributed by atoms with Crippen molar-refractivity contribution >= 4 is 17.9 Å². The van der Waals surface area contributed by atoms with Gasteiger partial charge < -0.3 is 14.2 Å². The van der Waals surface area contributed by atoms with Gasteiger partial charge in [-0.1, -0.05) is 272 Å². The zero-order valence-electron chi connectivity index (χ0n) is 52.6. The van der Waals surface area contributed by atoms with Crippen molar-refractivity contribution in [3.05, 3.63) is 207 Å². The van der Waals surface area contributed by atoms with Gasteiger partial charge in [-0.05, 0) is 154 Å². The first-order valence-corrected chi connectivity index (χ1v) is 32.6. The fraction of sp³-hybridized carbons (Fsp3) is 0.519. The molecule has 0 heterocycles. The van der Waals surface area contributed by atoms with Crippen molar-refractivity contribution in [3.63, 3.8) is 0 Å². The fourth-order valence-electron chi connectivity index (χ4n) is 8.03. The Morgan fingerprint density at radius 2 is 0.458 bits per heavy atom. The van der Waals surface area contributed by atoms with Gasteiger partial charge in [0.25, 0.3) is 0 Å². The Morgan fingerprint density at radius 1 is 0.241 bits per heavy atom. The average molecular weight is 1140 g/mol. The predicted octanol–water partition coefficient (Wildman–Crippen LogP) is 22.8. The summed E-state index contributed by atoms with van der Waals surface area (Å²) in [6.45, 7) is 6.18. The highest BCUT2D eigenvalue weighted by Crippen LogP contribution is 2.13. The van der Waals surface area contributed by atoms with Crippen LogP contribution in [0.3, 0.4) is 0 Å². The zero-order valence-corrected chi connectivity index (χ0v) is 52.6.